The summed E-state index contributed by atoms with van der Waals surface area (Å²) in [6.45, 7) is 9.84. The molecule has 45 heavy (non-hydrogen) atoms. The van der Waals surface area contributed by atoms with E-state index in [1.165, 1.54) is 19.4 Å². The molecule has 5 aromatic heterocycles. The zero-order valence-electron chi connectivity index (χ0n) is 26.4. The number of rotatable bonds is 5. The standard InChI is InChI=1S/C30H26N8.C6H13N/c1-3-37-22-11-9-18(15-20(22)27-24(37)7-5-13-32-27)29-34-26(17-31)35-30(36-29)19-10-12-23-21(16-19)28-25(38(23)4-2)8-6-14-33-28;1-6-4-3-5-7(6)2/h5-16H,3-4,17,31H2,1-2H3;6H,3-5H2,1-2H3. The van der Waals surface area contributed by atoms with Crippen molar-refractivity contribution in [2.45, 2.75) is 59.3 Å². The van der Waals surface area contributed by atoms with Gasteiger partial charge >= 0.3 is 0 Å². The van der Waals surface area contributed by atoms with Crippen LogP contribution < -0.4 is 5.73 Å². The van der Waals surface area contributed by atoms with E-state index >= 15 is 0 Å². The quantitative estimate of drug-likeness (QED) is 0.232. The minimum absolute atomic E-state index is 0.223. The number of hydrogen-bond acceptors (Lipinski definition) is 7. The first-order valence-electron chi connectivity index (χ1n) is 15.9. The molecule has 0 amide bonds. The van der Waals surface area contributed by atoms with Gasteiger partial charge in [0.25, 0.3) is 0 Å². The van der Waals surface area contributed by atoms with Crippen molar-refractivity contribution in [2.75, 3.05) is 13.6 Å². The van der Waals surface area contributed by atoms with E-state index in [4.69, 9.17) is 20.7 Å². The van der Waals surface area contributed by atoms with Crippen LogP contribution >= 0.6 is 0 Å². The third-order valence-corrected chi connectivity index (χ3v) is 9.14. The second kappa shape index (κ2) is 12.0. The van der Waals surface area contributed by atoms with Crippen LogP contribution in [-0.4, -0.2) is 58.6 Å². The average molecular weight is 598 g/mol. The maximum Gasteiger partial charge on any atom is 0.163 e. The van der Waals surface area contributed by atoms with Gasteiger partial charge in [0.05, 0.1) is 39.6 Å². The van der Waals surface area contributed by atoms with Crippen LogP contribution in [0, 0.1) is 0 Å². The van der Waals surface area contributed by atoms with Gasteiger partial charge in [0.2, 0.25) is 0 Å². The molecule has 1 aliphatic rings. The summed E-state index contributed by atoms with van der Waals surface area (Å²) in [7, 11) is 2.19. The largest absolute Gasteiger partial charge is 0.339 e. The molecule has 1 saturated heterocycles. The molecular formula is C36H39N9. The molecule has 0 spiro atoms. The normalized spacial score (nSPS) is 15.4. The van der Waals surface area contributed by atoms with Gasteiger partial charge in [-0.05, 0) is 108 Å². The van der Waals surface area contributed by atoms with Gasteiger partial charge in [-0.15, -0.1) is 0 Å². The Morgan fingerprint density at radius 1 is 0.733 bits per heavy atom. The van der Waals surface area contributed by atoms with Crippen LogP contribution in [-0.2, 0) is 19.6 Å². The lowest BCUT2D eigenvalue weighted by Crippen LogP contribution is -2.20. The van der Waals surface area contributed by atoms with Crippen LogP contribution in [0.3, 0.4) is 0 Å². The molecule has 0 aliphatic carbocycles. The Bertz CT molecular complexity index is 2010. The van der Waals surface area contributed by atoms with Crippen LogP contribution in [0.5, 0.6) is 0 Å². The van der Waals surface area contributed by atoms with Crippen LogP contribution in [0.2, 0.25) is 0 Å². The Balaban J connectivity index is 0.000000412. The van der Waals surface area contributed by atoms with E-state index < -0.39 is 0 Å². The summed E-state index contributed by atoms with van der Waals surface area (Å²) >= 11 is 0. The maximum atomic E-state index is 6.04. The number of benzene rings is 2. The van der Waals surface area contributed by atoms with Crippen LogP contribution in [0.25, 0.3) is 66.6 Å². The van der Waals surface area contributed by atoms with Gasteiger partial charge in [-0.2, -0.15) is 0 Å². The molecule has 0 saturated carbocycles. The topological polar surface area (TPSA) is 104 Å². The molecule has 9 nitrogen and oxygen atoms in total. The number of hydrogen-bond donors (Lipinski definition) is 1. The number of nitrogens with zero attached hydrogens (tertiary/aromatic N) is 8. The highest BCUT2D eigenvalue weighted by atomic mass is 15.1. The Morgan fingerprint density at radius 3 is 1.67 bits per heavy atom. The average Bonchev–Trinajstić information content (AvgIpc) is 3.74. The van der Waals surface area contributed by atoms with Gasteiger partial charge in [-0.3, -0.25) is 9.97 Å². The summed E-state index contributed by atoms with van der Waals surface area (Å²) in [6.07, 6.45) is 6.47. The van der Waals surface area contributed by atoms with E-state index in [1.807, 2.05) is 24.5 Å². The second-order valence-electron chi connectivity index (χ2n) is 11.8. The van der Waals surface area contributed by atoms with Gasteiger partial charge in [0, 0.05) is 53.4 Å². The molecule has 0 bridgehead atoms. The third-order valence-electron chi connectivity index (χ3n) is 9.14. The number of aromatic nitrogens is 7. The SMILES string of the molecule is CC1CCCN1C.CCn1c2ccc(-c3nc(CN)nc(-c4ccc5c(c4)c4ncccc4n5CC)n3)cc2c2ncccc21. The predicted molar refractivity (Wildman–Crippen MR) is 183 cm³/mol. The molecular weight excluding hydrogens is 558 g/mol. The third kappa shape index (κ3) is 5.11. The van der Waals surface area contributed by atoms with Crippen molar-refractivity contribution >= 4 is 43.9 Å². The molecule has 0 radical (unpaired) electrons. The molecule has 1 fully saturated rings. The minimum Gasteiger partial charge on any atom is -0.339 e. The first-order valence-corrected chi connectivity index (χ1v) is 15.9. The fourth-order valence-corrected chi connectivity index (χ4v) is 6.63. The lowest BCUT2D eigenvalue weighted by molar-refractivity contribution is 0.331. The molecule has 2 N–H and O–H groups in total. The Kier molecular flexibility index (Phi) is 7.73. The molecule has 1 atom stereocenters. The Hall–Kier alpha value is -4.73. The van der Waals surface area contributed by atoms with E-state index in [-0.39, 0.29) is 6.54 Å². The molecule has 1 unspecified atom stereocenters. The van der Waals surface area contributed by atoms with E-state index in [0.717, 1.165) is 74.1 Å². The number of aryl methyl sites for hydroxylation is 2. The minimum atomic E-state index is 0.223. The Morgan fingerprint density at radius 2 is 1.27 bits per heavy atom. The monoisotopic (exact) mass is 597 g/mol. The van der Waals surface area contributed by atoms with Crippen LogP contribution in [0.15, 0.2) is 73.1 Å². The Labute approximate surface area is 262 Å². The molecule has 6 heterocycles. The first kappa shape index (κ1) is 29.0. The summed E-state index contributed by atoms with van der Waals surface area (Å²) in [5.41, 5.74) is 14.3. The fraction of sp³-hybridized carbons (Fsp3) is 0.306. The number of fused-ring (bicyclic) bond motifs is 6. The van der Waals surface area contributed by atoms with Gasteiger partial charge in [0.1, 0.15) is 5.82 Å². The van der Waals surface area contributed by atoms with E-state index in [2.05, 4.69) is 100 Å². The van der Waals surface area contributed by atoms with Crippen LogP contribution in [0.4, 0.5) is 0 Å². The van der Waals surface area contributed by atoms with Gasteiger partial charge in [-0.25, -0.2) is 15.0 Å². The summed E-state index contributed by atoms with van der Waals surface area (Å²) in [5.74, 6) is 1.74. The van der Waals surface area contributed by atoms with Crippen molar-refractivity contribution in [3.63, 3.8) is 0 Å². The summed E-state index contributed by atoms with van der Waals surface area (Å²) in [5, 5.41) is 2.16. The second-order valence-corrected chi connectivity index (χ2v) is 11.8. The molecule has 8 rings (SSSR count). The predicted octanol–water partition coefficient (Wildman–Crippen LogP) is 6.81. The molecule has 1 aliphatic heterocycles. The van der Waals surface area contributed by atoms with E-state index in [1.54, 1.807) is 0 Å². The molecule has 228 valence electrons. The summed E-state index contributed by atoms with van der Waals surface area (Å²) < 4.78 is 4.56. The first-order chi connectivity index (χ1) is 22.0. The zero-order chi connectivity index (χ0) is 31.1. The number of likely N-dealkylation sites (tertiary alicyclic amines) is 1. The zero-order valence-corrected chi connectivity index (χ0v) is 26.4. The smallest absolute Gasteiger partial charge is 0.163 e. The van der Waals surface area contributed by atoms with Crippen molar-refractivity contribution in [2.24, 2.45) is 5.73 Å². The van der Waals surface area contributed by atoms with E-state index in [9.17, 15) is 0 Å². The van der Waals surface area contributed by atoms with Crippen molar-refractivity contribution in [1.29, 1.82) is 0 Å². The highest BCUT2D eigenvalue weighted by molar-refractivity contribution is 6.08. The lowest BCUT2D eigenvalue weighted by Gasteiger charge is -2.12. The van der Waals surface area contributed by atoms with E-state index in [0.29, 0.717) is 17.5 Å². The highest BCUT2D eigenvalue weighted by Gasteiger charge is 2.17. The molecule has 2 aromatic carbocycles. The van der Waals surface area contributed by atoms with Crippen molar-refractivity contribution in [3.8, 4) is 22.8 Å². The highest BCUT2D eigenvalue weighted by Crippen LogP contribution is 2.33. The van der Waals surface area contributed by atoms with Gasteiger partial charge in [0.15, 0.2) is 11.6 Å². The molecule has 7 aromatic rings. The van der Waals surface area contributed by atoms with Crippen LogP contribution in [0.1, 0.15) is 39.4 Å². The van der Waals surface area contributed by atoms with Crippen molar-refractivity contribution < 1.29 is 0 Å². The maximum absolute atomic E-state index is 6.04. The van der Waals surface area contributed by atoms with Gasteiger partial charge < -0.3 is 19.8 Å². The number of nitrogens with two attached hydrogens (primary N) is 1. The summed E-state index contributed by atoms with van der Waals surface area (Å²) in [4.78, 5) is 26.1. The van der Waals surface area contributed by atoms with Crippen molar-refractivity contribution in [3.05, 3.63) is 78.9 Å². The molecule has 9 heteroatoms. The number of pyridine rings is 2. The van der Waals surface area contributed by atoms with Crippen molar-refractivity contribution in [1.82, 2.24) is 39.0 Å². The lowest BCUT2D eigenvalue weighted by atomic mass is 10.1. The van der Waals surface area contributed by atoms with Gasteiger partial charge in [-0.1, -0.05) is 0 Å². The fourth-order valence-electron chi connectivity index (χ4n) is 6.63. The summed E-state index contributed by atoms with van der Waals surface area (Å²) in [6, 6.07) is 21.6.